The molecule has 7 nitrogen and oxygen atoms in total. The summed E-state index contributed by atoms with van der Waals surface area (Å²) in [6, 6.07) is 4.79. The zero-order chi connectivity index (χ0) is 20.1. The number of ether oxygens (including phenoxy) is 1. The Balaban J connectivity index is 1.63. The molecule has 2 fully saturated rings. The van der Waals surface area contributed by atoms with E-state index in [0.717, 1.165) is 25.1 Å². The number of nitrogens with zero attached hydrogens (tertiary/aromatic N) is 2. The first-order chi connectivity index (χ1) is 13.4. The number of sulfonamides is 1. The molecule has 1 amide bonds. The molecule has 0 bridgehead atoms. The van der Waals surface area contributed by atoms with Gasteiger partial charge in [0.15, 0.2) is 0 Å². The van der Waals surface area contributed by atoms with Crippen molar-refractivity contribution < 1.29 is 17.9 Å². The van der Waals surface area contributed by atoms with Gasteiger partial charge < -0.3 is 15.0 Å². The van der Waals surface area contributed by atoms with Gasteiger partial charge in [-0.25, -0.2) is 8.42 Å². The lowest BCUT2D eigenvalue weighted by atomic mass is 9.94. The van der Waals surface area contributed by atoms with E-state index in [2.05, 4.69) is 17.3 Å². The number of hydrogen-bond donors (Lipinski definition) is 1. The Morgan fingerprint density at radius 3 is 2.54 bits per heavy atom. The Morgan fingerprint density at radius 2 is 1.86 bits per heavy atom. The van der Waals surface area contributed by atoms with E-state index in [-0.39, 0.29) is 10.8 Å². The standard InChI is InChI=1S/C20H31N3O4S/c1-16-3-4-18(28(25,26)23-11-13-27-14-12-23)15-19(16)20(24)21-8-5-17-6-9-22(2)10-7-17/h3-4,15,17H,5-14H2,1-2H3,(H,21,24). The molecule has 0 aromatic heterocycles. The molecule has 2 saturated heterocycles. The number of aryl methyl sites for hydroxylation is 1. The first-order valence-corrected chi connectivity index (χ1v) is 11.5. The van der Waals surface area contributed by atoms with Crippen molar-refractivity contribution in [2.75, 3.05) is 53.0 Å². The Kier molecular flexibility index (Phi) is 7.09. The van der Waals surface area contributed by atoms with Crippen LogP contribution in [-0.4, -0.2) is 76.5 Å². The second-order valence-corrected chi connectivity index (χ2v) is 9.72. The number of nitrogens with one attached hydrogen (secondary N) is 1. The second-order valence-electron chi connectivity index (χ2n) is 7.78. The summed E-state index contributed by atoms with van der Waals surface area (Å²) in [7, 11) is -1.47. The molecule has 1 aromatic carbocycles. The SMILES string of the molecule is Cc1ccc(S(=O)(=O)N2CCOCC2)cc1C(=O)NCCC1CCN(C)CC1. The topological polar surface area (TPSA) is 78.9 Å². The van der Waals surface area contributed by atoms with Crippen LogP contribution in [0.15, 0.2) is 23.1 Å². The highest BCUT2D eigenvalue weighted by atomic mass is 32.2. The van der Waals surface area contributed by atoms with Crippen LogP contribution >= 0.6 is 0 Å². The van der Waals surface area contributed by atoms with Crippen LogP contribution in [0, 0.1) is 12.8 Å². The van der Waals surface area contributed by atoms with Crippen LogP contribution in [0.3, 0.4) is 0 Å². The number of piperidine rings is 1. The van der Waals surface area contributed by atoms with Gasteiger partial charge in [-0.05, 0) is 69.9 Å². The minimum atomic E-state index is -3.61. The Labute approximate surface area is 168 Å². The molecule has 28 heavy (non-hydrogen) atoms. The molecule has 8 heteroatoms. The molecule has 2 aliphatic rings. The van der Waals surface area contributed by atoms with Crippen molar-refractivity contribution in [1.29, 1.82) is 0 Å². The number of carbonyl (C=O) groups is 1. The average Bonchev–Trinajstić information content (AvgIpc) is 2.70. The first-order valence-electron chi connectivity index (χ1n) is 10.0. The van der Waals surface area contributed by atoms with Crippen molar-refractivity contribution in [1.82, 2.24) is 14.5 Å². The number of benzene rings is 1. The van der Waals surface area contributed by atoms with Gasteiger partial charge >= 0.3 is 0 Å². The molecule has 3 rings (SSSR count). The molecule has 0 atom stereocenters. The van der Waals surface area contributed by atoms with Crippen LogP contribution in [0.4, 0.5) is 0 Å². The maximum Gasteiger partial charge on any atom is 0.251 e. The van der Waals surface area contributed by atoms with Crippen LogP contribution in [0.1, 0.15) is 35.2 Å². The summed E-state index contributed by atoms with van der Waals surface area (Å²) in [6.07, 6.45) is 3.29. The van der Waals surface area contributed by atoms with Gasteiger partial charge in [0.25, 0.3) is 5.91 Å². The summed E-state index contributed by atoms with van der Waals surface area (Å²) >= 11 is 0. The Hall–Kier alpha value is -1.48. The van der Waals surface area contributed by atoms with E-state index >= 15 is 0 Å². The van der Waals surface area contributed by atoms with Crippen molar-refractivity contribution in [2.45, 2.75) is 31.1 Å². The third kappa shape index (κ3) is 5.11. The molecule has 0 aliphatic carbocycles. The van der Waals surface area contributed by atoms with E-state index in [1.807, 2.05) is 6.92 Å². The molecular formula is C20H31N3O4S. The Morgan fingerprint density at radius 1 is 1.18 bits per heavy atom. The molecule has 0 spiro atoms. The van der Waals surface area contributed by atoms with Gasteiger partial charge in [0.2, 0.25) is 10.0 Å². The largest absolute Gasteiger partial charge is 0.379 e. The first kappa shape index (κ1) is 21.2. The van der Waals surface area contributed by atoms with Gasteiger partial charge in [0.1, 0.15) is 0 Å². The van der Waals surface area contributed by atoms with E-state index in [1.165, 1.54) is 23.2 Å². The highest BCUT2D eigenvalue weighted by Crippen LogP contribution is 2.21. The lowest BCUT2D eigenvalue weighted by Crippen LogP contribution is -2.40. The van der Waals surface area contributed by atoms with Crippen LogP contribution in [0.5, 0.6) is 0 Å². The summed E-state index contributed by atoms with van der Waals surface area (Å²) in [6.45, 7) is 6.15. The van der Waals surface area contributed by atoms with Crippen molar-refractivity contribution in [3.8, 4) is 0 Å². The van der Waals surface area contributed by atoms with Crippen molar-refractivity contribution in [2.24, 2.45) is 5.92 Å². The van der Waals surface area contributed by atoms with E-state index in [4.69, 9.17) is 4.74 Å². The molecule has 2 aliphatic heterocycles. The predicted molar refractivity (Wildman–Crippen MR) is 108 cm³/mol. The quantitative estimate of drug-likeness (QED) is 0.770. The number of amides is 1. The van der Waals surface area contributed by atoms with Crippen LogP contribution in [0.2, 0.25) is 0 Å². The van der Waals surface area contributed by atoms with Crippen molar-refractivity contribution >= 4 is 15.9 Å². The van der Waals surface area contributed by atoms with E-state index in [9.17, 15) is 13.2 Å². The minimum absolute atomic E-state index is 0.167. The molecule has 0 unspecified atom stereocenters. The molecule has 0 saturated carbocycles. The van der Waals surface area contributed by atoms with Gasteiger partial charge in [-0.1, -0.05) is 6.07 Å². The highest BCUT2D eigenvalue weighted by molar-refractivity contribution is 7.89. The molecule has 1 aromatic rings. The minimum Gasteiger partial charge on any atom is -0.379 e. The fraction of sp³-hybridized carbons (Fsp3) is 0.650. The van der Waals surface area contributed by atoms with E-state index in [0.29, 0.717) is 44.3 Å². The van der Waals surface area contributed by atoms with E-state index < -0.39 is 10.0 Å². The summed E-state index contributed by atoms with van der Waals surface area (Å²) in [5.41, 5.74) is 1.20. The van der Waals surface area contributed by atoms with Crippen molar-refractivity contribution in [3.63, 3.8) is 0 Å². The average molecular weight is 410 g/mol. The number of likely N-dealkylation sites (tertiary alicyclic amines) is 1. The fourth-order valence-corrected chi connectivity index (χ4v) is 5.21. The second kappa shape index (κ2) is 9.35. The number of morpholine rings is 1. The normalized spacial score (nSPS) is 20.2. The molecule has 0 radical (unpaired) electrons. The zero-order valence-electron chi connectivity index (χ0n) is 16.8. The summed E-state index contributed by atoms with van der Waals surface area (Å²) in [5, 5.41) is 2.98. The monoisotopic (exact) mass is 409 g/mol. The number of carbonyl (C=O) groups excluding carboxylic acids is 1. The third-order valence-corrected chi connectivity index (χ3v) is 7.63. The summed E-state index contributed by atoms with van der Waals surface area (Å²) < 4.78 is 32.4. The van der Waals surface area contributed by atoms with Crippen LogP contribution in [0.25, 0.3) is 0 Å². The molecule has 156 valence electrons. The number of hydrogen-bond acceptors (Lipinski definition) is 5. The fourth-order valence-electron chi connectivity index (χ4n) is 3.78. The van der Waals surface area contributed by atoms with Gasteiger partial charge in [0.05, 0.1) is 18.1 Å². The lowest BCUT2D eigenvalue weighted by molar-refractivity contribution is 0.0730. The molecule has 2 heterocycles. The summed E-state index contributed by atoms with van der Waals surface area (Å²) in [5.74, 6) is 0.440. The van der Waals surface area contributed by atoms with Crippen LogP contribution < -0.4 is 5.32 Å². The maximum absolute atomic E-state index is 12.9. The smallest absolute Gasteiger partial charge is 0.251 e. The van der Waals surface area contributed by atoms with Crippen molar-refractivity contribution in [3.05, 3.63) is 29.3 Å². The van der Waals surface area contributed by atoms with Gasteiger partial charge in [-0.3, -0.25) is 4.79 Å². The zero-order valence-corrected chi connectivity index (χ0v) is 17.6. The maximum atomic E-state index is 12.9. The van der Waals surface area contributed by atoms with Gasteiger partial charge in [-0.15, -0.1) is 0 Å². The number of rotatable bonds is 6. The summed E-state index contributed by atoms with van der Waals surface area (Å²) in [4.78, 5) is 15.2. The molecule has 1 N–H and O–H groups in total. The molecular weight excluding hydrogens is 378 g/mol. The lowest BCUT2D eigenvalue weighted by Gasteiger charge is -2.28. The Bertz CT molecular complexity index is 783. The van der Waals surface area contributed by atoms with Gasteiger partial charge in [-0.2, -0.15) is 4.31 Å². The van der Waals surface area contributed by atoms with E-state index in [1.54, 1.807) is 12.1 Å². The van der Waals surface area contributed by atoms with Gasteiger partial charge in [0, 0.05) is 25.2 Å². The predicted octanol–water partition coefficient (Wildman–Crippen LogP) is 1.48. The van der Waals surface area contributed by atoms with Crippen LogP contribution in [-0.2, 0) is 14.8 Å². The highest BCUT2D eigenvalue weighted by Gasteiger charge is 2.27. The third-order valence-electron chi connectivity index (χ3n) is 5.74.